The Bertz CT molecular complexity index is 641. The SMILES string of the molecule is CN(C)CC(CC(=O)O)NC(=O)CCCCCCOCCc1cccc(F)c1F. The number of carbonyl (C=O) groups excluding carboxylic acids is 1. The molecule has 0 aliphatic heterocycles. The second-order valence-corrected chi connectivity index (χ2v) is 7.36. The highest BCUT2D eigenvalue weighted by Gasteiger charge is 2.16. The van der Waals surface area contributed by atoms with Crippen molar-refractivity contribution in [1.82, 2.24) is 10.2 Å². The summed E-state index contributed by atoms with van der Waals surface area (Å²) in [6, 6.07) is 3.72. The lowest BCUT2D eigenvalue weighted by atomic mass is 10.1. The smallest absolute Gasteiger partial charge is 0.305 e. The van der Waals surface area contributed by atoms with Crippen LogP contribution in [0.5, 0.6) is 0 Å². The van der Waals surface area contributed by atoms with Gasteiger partial charge in [-0.1, -0.05) is 25.0 Å². The molecule has 8 heteroatoms. The van der Waals surface area contributed by atoms with Crippen LogP contribution in [-0.2, 0) is 20.7 Å². The minimum absolute atomic E-state index is 0.0964. The van der Waals surface area contributed by atoms with Gasteiger partial charge in [0.1, 0.15) is 0 Å². The third-order valence-electron chi connectivity index (χ3n) is 4.36. The van der Waals surface area contributed by atoms with Gasteiger partial charge in [-0.25, -0.2) is 8.78 Å². The number of nitrogens with one attached hydrogen (secondary N) is 1. The van der Waals surface area contributed by atoms with E-state index in [1.54, 1.807) is 6.07 Å². The van der Waals surface area contributed by atoms with Crippen molar-refractivity contribution >= 4 is 11.9 Å². The number of unbranched alkanes of at least 4 members (excludes halogenated alkanes) is 3. The van der Waals surface area contributed by atoms with Gasteiger partial charge in [-0.05, 0) is 45.0 Å². The Morgan fingerprint density at radius 3 is 2.55 bits per heavy atom. The van der Waals surface area contributed by atoms with Crippen molar-refractivity contribution in [2.45, 2.75) is 51.0 Å². The number of benzene rings is 1. The van der Waals surface area contributed by atoms with Crippen molar-refractivity contribution in [3.8, 4) is 0 Å². The van der Waals surface area contributed by atoms with Crippen LogP contribution in [0, 0.1) is 11.6 Å². The van der Waals surface area contributed by atoms with Crippen molar-refractivity contribution in [3.05, 3.63) is 35.4 Å². The first-order valence-electron chi connectivity index (χ1n) is 9.96. The molecular weight excluding hydrogens is 382 g/mol. The molecule has 6 nitrogen and oxygen atoms in total. The standard InChI is InChI=1S/C21H32F2N2O4/c1-25(2)15-17(14-20(27)28)24-19(26)10-5-3-4-6-12-29-13-11-16-8-7-9-18(22)21(16)23/h7-9,17H,3-6,10-15H2,1-2H3,(H,24,26)(H,27,28). The molecule has 1 unspecified atom stereocenters. The monoisotopic (exact) mass is 414 g/mol. The number of carboxylic acid groups (broad SMARTS) is 1. The van der Waals surface area contributed by atoms with Gasteiger partial charge in [0.25, 0.3) is 0 Å². The van der Waals surface area contributed by atoms with Gasteiger partial charge < -0.3 is 20.1 Å². The molecule has 0 saturated carbocycles. The van der Waals surface area contributed by atoms with Crippen LogP contribution < -0.4 is 5.32 Å². The van der Waals surface area contributed by atoms with Crippen molar-refractivity contribution in [2.75, 3.05) is 33.9 Å². The molecule has 2 N–H and O–H groups in total. The van der Waals surface area contributed by atoms with E-state index in [2.05, 4.69) is 5.32 Å². The summed E-state index contributed by atoms with van der Waals surface area (Å²) in [7, 11) is 3.66. The molecule has 0 aliphatic carbocycles. The molecule has 0 spiro atoms. The van der Waals surface area contributed by atoms with Crippen molar-refractivity contribution in [1.29, 1.82) is 0 Å². The maximum Gasteiger partial charge on any atom is 0.305 e. The summed E-state index contributed by atoms with van der Waals surface area (Å²) in [6.45, 7) is 1.35. The molecule has 0 saturated heterocycles. The fourth-order valence-corrected chi connectivity index (χ4v) is 2.98. The second kappa shape index (κ2) is 14.0. The maximum absolute atomic E-state index is 13.5. The number of hydrogen-bond donors (Lipinski definition) is 2. The quantitative estimate of drug-likeness (QED) is 0.432. The highest BCUT2D eigenvalue weighted by molar-refractivity contribution is 5.77. The van der Waals surface area contributed by atoms with E-state index in [1.807, 2.05) is 19.0 Å². The van der Waals surface area contributed by atoms with Gasteiger partial charge >= 0.3 is 5.97 Å². The van der Waals surface area contributed by atoms with Gasteiger partial charge in [-0.15, -0.1) is 0 Å². The summed E-state index contributed by atoms with van der Waals surface area (Å²) in [6.07, 6.45) is 3.92. The van der Waals surface area contributed by atoms with E-state index in [0.717, 1.165) is 31.7 Å². The van der Waals surface area contributed by atoms with Crippen LogP contribution in [0.3, 0.4) is 0 Å². The molecule has 0 heterocycles. The van der Waals surface area contributed by atoms with Crippen LogP contribution in [0.2, 0.25) is 0 Å². The molecule has 1 aromatic carbocycles. The first kappa shape index (κ1) is 25.0. The number of nitrogens with zero attached hydrogens (tertiary/aromatic N) is 1. The van der Waals surface area contributed by atoms with Crippen LogP contribution in [0.15, 0.2) is 18.2 Å². The van der Waals surface area contributed by atoms with Crippen molar-refractivity contribution in [2.24, 2.45) is 0 Å². The highest BCUT2D eigenvalue weighted by atomic mass is 19.2. The van der Waals surface area contributed by atoms with Gasteiger partial charge in [0.2, 0.25) is 5.91 Å². The summed E-state index contributed by atoms with van der Waals surface area (Å²) >= 11 is 0. The molecule has 1 aromatic rings. The maximum atomic E-state index is 13.5. The zero-order valence-electron chi connectivity index (χ0n) is 17.3. The number of halogens is 2. The first-order chi connectivity index (χ1) is 13.8. The number of likely N-dealkylation sites (N-methyl/N-ethyl adjacent to an activating group) is 1. The molecule has 164 valence electrons. The molecule has 0 aromatic heterocycles. The number of amides is 1. The van der Waals surface area contributed by atoms with Crippen LogP contribution in [-0.4, -0.2) is 61.8 Å². The Hall–Kier alpha value is -2.06. The van der Waals surface area contributed by atoms with Crippen LogP contribution in [0.1, 0.15) is 44.1 Å². The largest absolute Gasteiger partial charge is 0.481 e. The van der Waals surface area contributed by atoms with E-state index in [9.17, 15) is 18.4 Å². The number of aliphatic carboxylic acids is 1. The molecule has 0 radical (unpaired) electrons. The van der Waals surface area contributed by atoms with Gasteiger partial charge in [-0.3, -0.25) is 9.59 Å². The first-order valence-corrected chi connectivity index (χ1v) is 9.96. The lowest BCUT2D eigenvalue weighted by molar-refractivity contribution is -0.137. The minimum atomic E-state index is -0.933. The van der Waals surface area contributed by atoms with Crippen LogP contribution >= 0.6 is 0 Å². The summed E-state index contributed by atoms with van der Waals surface area (Å²) in [5.41, 5.74) is 0.312. The molecule has 0 bridgehead atoms. The Kier molecular flexibility index (Phi) is 12.1. The predicted molar refractivity (Wildman–Crippen MR) is 107 cm³/mol. The Labute approximate surface area is 171 Å². The zero-order chi connectivity index (χ0) is 21.6. The lowest BCUT2D eigenvalue weighted by Gasteiger charge is -2.20. The third-order valence-corrected chi connectivity index (χ3v) is 4.36. The average molecular weight is 414 g/mol. The number of ether oxygens (including phenoxy) is 1. The zero-order valence-corrected chi connectivity index (χ0v) is 17.3. The van der Waals surface area contributed by atoms with E-state index in [0.29, 0.717) is 38.2 Å². The topological polar surface area (TPSA) is 78.9 Å². The van der Waals surface area contributed by atoms with Gasteiger partial charge in [0.05, 0.1) is 19.1 Å². The fourth-order valence-electron chi connectivity index (χ4n) is 2.98. The van der Waals surface area contributed by atoms with E-state index in [4.69, 9.17) is 9.84 Å². The minimum Gasteiger partial charge on any atom is -0.481 e. The van der Waals surface area contributed by atoms with E-state index < -0.39 is 23.6 Å². The van der Waals surface area contributed by atoms with Crippen molar-refractivity contribution < 1.29 is 28.2 Å². The Morgan fingerprint density at radius 2 is 1.86 bits per heavy atom. The van der Waals surface area contributed by atoms with E-state index in [-0.39, 0.29) is 12.3 Å². The molecule has 1 rings (SSSR count). The summed E-state index contributed by atoms with van der Waals surface area (Å²) in [5.74, 6) is -2.73. The molecule has 29 heavy (non-hydrogen) atoms. The normalized spacial score (nSPS) is 12.2. The lowest BCUT2D eigenvalue weighted by Crippen LogP contribution is -2.42. The molecule has 1 amide bonds. The van der Waals surface area contributed by atoms with Crippen LogP contribution in [0.4, 0.5) is 8.78 Å². The van der Waals surface area contributed by atoms with E-state index >= 15 is 0 Å². The summed E-state index contributed by atoms with van der Waals surface area (Å²) < 4.78 is 32.0. The second-order valence-electron chi connectivity index (χ2n) is 7.36. The predicted octanol–water partition coefficient (Wildman–Crippen LogP) is 3.00. The van der Waals surface area contributed by atoms with E-state index in [1.165, 1.54) is 6.07 Å². The Morgan fingerprint density at radius 1 is 1.14 bits per heavy atom. The summed E-state index contributed by atoms with van der Waals surface area (Å²) in [5, 5.41) is 11.7. The third kappa shape index (κ3) is 11.5. The molecule has 0 fully saturated rings. The van der Waals surface area contributed by atoms with Gasteiger partial charge in [-0.2, -0.15) is 0 Å². The molecular formula is C21H32F2N2O4. The number of rotatable bonds is 15. The number of carbonyl (C=O) groups is 2. The average Bonchev–Trinajstić information content (AvgIpc) is 2.62. The number of hydrogen-bond acceptors (Lipinski definition) is 4. The van der Waals surface area contributed by atoms with Crippen LogP contribution in [0.25, 0.3) is 0 Å². The Balaban J connectivity index is 2.07. The van der Waals surface area contributed by atoms with Gasteiger partial charge in [0.15, 0.2) is 11.6 Å². The number of carboxylic acids is 1. The molecule has 0 aliphatic rings. The van der Waals surface area contributed by atoms with Crippen molar-refractivity contribution in [3.63, 3.8) is 0 Å². The fraction of sp³-hybridized carbons (Fsp3) is 0.619. The highest BCUT2D eigenvalue weighted by Crippen LogP contribution is 2.12. The summed E-state index contributed by atoms with van der Waals surface area (Å²) in [4.78, 5) is 24.7. The van der Waals surface area contributed by atoms with Gasteiger partial charge in [0, 0.05) is 19.6 Å². The molecule has 1 atom stereocenters.